The van der Waals surface area contributed by atoms with E-state index in [1.807, 2.05) is 0 Å². The maximum Gasteiger partial charge on any atom is 0.336 e. The summed E-state index contributed by atoms with van der Waals surface area (Å²) in [5, 5.41) is 9.73. The Morgan fingerprint density at radius 2 is 1.81 bits per heavy atom. The average molecular weight is 285 g/mol. The fourth-order valence-corrected chi connectivity index (χ4v) is 2.19. The molecule has 3 nitrogen and oxygen atoms in total. The molecule has 0 aliphatic carbocycles. The van der Waals surface area contributed by atoms with Crippen LogP contribution in [0.1, 0.15) is 10.4 Å². The molecule has 0 atom stereocenters. The van der Waals surface area contributed by atoms with Crippen molar-refractivity contribution in [1.82, 2.24) is 4.98 Å². The van der Waals surface area contributed by atoms with Gasteiger partial charge in [-0.25, -0.2) is 18.6 Å². The van der Waals surface area contributed by atoms with Gasteiger partial charge in [0, 0.05) is 10.9 Å². The molecule has 0 amide bonds. The third kappa shape index (κ3) is 2.23. The largest absolute Gasteiger partial charge is 0.478 e. The number of pyridine rings is 1. The fourth-order valence-electron chi connectivity index (χ4n) is 2.19. The molecule has 3 rings (SSSR count). The van der Waals surface area contributed by atoms with Crippen molar-refractivity contribution >= 4 is 16.9 Å². The zero-order valence-corrected chi connectivity index (χ0v) is 10.7. The lowest BCUT2D eigenvalue weighted by Gasteiger charge is -2.08. The second-order valence-electron chi connectivity index (χ2n) is 4.48. The zero-order chi connectivity index (χ0) is 15.0. The molecule has 0 saturated heterocycles. The summed E-state index contributed by atoms with van der Waals surface area (Å²) < 4.78 is 27.2. The minimum absolute atomic E-state index is 0.000684. The number of rotatable bonds is 2. The number of hydrogen-bond acceptors (Lipinski definition) is 2. The molecule has 0 radical (unpaired) electrons. The topological polar surface area (TPSA) is 50.2 Å². The Bertz CT molecular complexity index is 862. The molecule has 1 N–H and O–H groups in total. The van der Waals surface area contributed by atoms with Gasteiger partial charge in [0.05, 0.1) is 16.8 Å². The number of hydrogen-bond donors (Lipinski definition) is 1. The van der Waals surface area contributed by atoms with Crippen molar-refractivity contribution in [3.8, 4) is 11.3 Å². The Labute approximate surface area is 118 Å². The van der Waals surface area contributed by atoms with Crippen molar-refractivity contribution in [3.63, 3.8) is 0 Å². The molecule has 5 heteroatoms. The second kappa shape index (κ2) is 4.94. The van der Waals surface area contributed by atoms with Crippen molar-refractivity contribution < 1.29 is 18.7 Å². The Hall–Kier alpha value is -2.82. The molecule has 0 spiro atoms. The van der Waals surface area contributed by atoms with E-state index in [1.54, 1.807) is 24.3 Å². The Balaban J connectivity index is 2.34. The molecule has 3 aromatic rings. The van der Waals surface area contributed by atoms with E-state index in [-0.39, 0.29) is 16.8 Å². The molecule has 0 bridgehead atoms. The van der Waals surface area contributed by atoms with Crippen molar-refractivity contribution in [3.05, 3.63) is 65.7 Å². The van der Waals surface area contributed by atoms with Crippen molar-refractivity contribution in [2.45, 2.75) is 0 Å². The Morgan fingerprint density at radius 1 is 1.05 bits per heavy atom. The summed E-state index contributed by atoms with van der Waals surface area (Å²) >= 11 is 0. The molecular weight excluding hydrogens is 276 g/mol. The average Bonchev–Trinajstić information content (AvgIpc) is 2.48. The number of halogens is 2. The highest BCUT2D eigenvalue weighted by Gasteiger charge is 2.16. The molecule has 21 heavy (non-hydrogen) atoms. The SMILES string of the molecule is O=C(O)c1cc(-c2cccc(F)c2F)nc2ccccc12. The third-order valence-corrected chi connectivity index (χ3v) is 3.17. The first kappa shape index (κ1) is 13.2. The smallest absolute Gasteiger partial charge is 0.336 e. The summed E-state index contributed by atoms with van der Waals surface area (Å²) in [5.41, 5.74) is 0.432. The lowest BCUT2D eigenvalue weighted by atomic mass is 10.0. The van der Waals surface area contributed by atoms with Gasteiger partial charge in [0.1, 0.15) is 0 Å². The highest BCUT2D eigenvalue weighted by atomic mass is 19.2. The zero-order valence-electron chi connectivity index (χ0n) is 10.7. The highest BCUT2D eigenvalue weighted by molar-refractivity contribution is 6.03. The minimum atomic E-state index is -1.15. The van der Waals surface area contributed by atoms with E-state index >= 15 is 0 Å². The van der Waals surface area contributed by atoms with Gasteiger partial charge in [0.15, 0.2) is 11.6 Å². The van der Waals surface area contributed by atoms with Crippen molar-refractivity contribution in [1.29, 1.82) is 0 Å². The number of benzene rings is 2. The fraction of sp³-hybridized carbons (Fsp3) is 0. The van der Waals surface area contributed by atoms with Crippen LogP contribution in [-0.4, -0.2) is 16.1 Å². The number of fused-ring (bicyclic) bond motifs is 1. The molecule has 1 aromatic heterocycles. The summed E-state index contributed by atoms with van der Waals surface area (Å²) in [7, 11) is 0. The molecule has 0 aliphatic rings. The standard InChI is InChI=1S/C16H9F2NO2/c17-12-6-3-5-10(15(12)18)14-8-11(16(20)21)9-4-1-2-7-13(9)19-14/h1-8H,(H,20,21). The van der Waals surface area contributed by atoms with Crippen LogP contribution < -0.4 is 0 Å². The van der Waals surface area contributed by atoms with E-state index in [4.69, 9.17) is 0 Å². The predicted molar refractivity (Wildman–Crippen MR) is 74.1 cm³/mol. The molecule has 0 unspecified atom stereocenters. The minimum Gasteiger partial charge on any atom is -0.478 e. The van der Waals surface area contributed by atoms with Gasteiger partial charge in [-0.1, -0.05) is 24.3 Å². The normalized spacial score (nSPS) is 10.8. The number of carbonyl (C=O) groups is 1. The van der Waals surface area contributed by atoms with Crippen LogP contribution in [0.5, 0.6) is 0 Å². The van der Waals surface area contributed by atoms with Gasteiger partial charge in [0.2, 0.25) is 0 Å². The van der Waals surface area contributed by atoms with Crippen LogP contribution in [0.2, 0.25) is 0 Å². The van der Waals surface area contributed by atoms with E-state index in [0.29, 0.717) is 10.9 Å². The number of aromatic carboxylic acids is 1. The maximum atomic E-state index is 13.9. The number of carboxylic acids is 1. The summed E-state index contributed by atoms with van der Waals surface area (Å²) in [6, 6.07) is 11.6. The third-order valence-electron chi connectivity index (χ3n) is 3.17. The van der Waals surface area contributed by atoms with Gasteiger partial charge in [-0.2, -0.15) is 0 Å². The van der Waals surface area contributed by atoms with Crippen LogP contribution in [0, 0.1) is 11.6 Å². The summed E-state index contributed by atoms with van der Waals surface area (Å²) in [5.74, 6) is -3.19. The summed E-state index contributed by atoms with van der Waals surface area (Å²) in [6.45, 7) is 0. The molecule has 2 aromatic carbocycles. The second-order valence-corrected chi connectivity index (χ2v) is 4.48. The van der Waals surface area contributed by atoms with Gasteiger partial charge < -0.3 is 5.11 Å². The first-order valence-electron chi connectivity index (χ1n) is 6.15. The summed E-state index contributed by atoms with van der Waals surface area (Å²) in [4.78, 5) is 15.6. The van der Waals surface area contributed by atoms with Crippen LogP contribution in [0.15, 0.2) is 48.5 Å². The van der Waals surface area contributed by atoms with E-state index < -0.39 is 17.6 Å². The number of carboxylic acid groups (broad SMARTS) is 1. The van der Waals surface area contributed by atoms with Crippen LogP contribution >= 0.6 is 0 Å². The van der Waals surface area contributed by atoms with Gasteiger partial charge in [-0.15, -0.1) is 0 Å². The number of aromatic nitrogens is 1. The van der Waals surface area contributed by atoms with E-state index in [0.717, 1.165) is 6.07 Å². The van der Waals surface area contributed by atoms with Gasteiger partial charge in [-0.05, 0) is 24.3 Å². The van der Waals surface area contributed by atoms with Crippen LogP contribution in [0.4, 0.5) is 8.78 Å². The lowest BCUT2D eigenvalue weighted by molar-refractivity contribution is 0.0699. The van der Waals surface area contributed by atoms with Gasteiger partial charge in [0.25, 0.3) is 0 Å². The van der Waals surface area contributed by atoms with Crippen molar-refractivity contribution in [2.24, 2.45) is 0 Å². The maximum absolute atomic E-state index is 13.9. The Morgan fingerprint density at radius 3 is 2.57 bits per heavy atom. The summed E-state index contributed by atoms with van der Waals surface area (Å²) in [6.07, 6.45) is 0. The first-order chi connectivity index (χ1) is 10.1. The molecule has 1 heterocycles. The quantitative estimate of drug-likeness (QED) is 0.777. The lowest BCUT2D eigenvalue weighted by Crippen LogP contribution is -2.01. The molecule has 0 saturated carbocycles. The van der Waals surface area contributed by atoms with E-state index in [1.165, 1.54) is 18.2 Å². The molecule has 0 aliphatic heterocycles. The first-order valence-corrected chi connectivity index (χ1v) is 6.15. The predicted octanol–water partition coefficient (Wildman–Crippen LogP) is 3.88. The van der Waals surface area contributed by atoms with E-state index in [9.17, 15) is 18.7 Å². The Kier molecular flexibility index (Phi) is 3.10. The van der Waals surface area contributed by atoms with Crippen LogP contribution in [0.25, 0.3) is 22.2 Å². The molecule has 0 fully saturated rings. The van der Waals surface area contributed by atoms with Crippen molar-refractivity contribution in [2.75, 3.05) is 0 Å². The number of nitrogens with zero attached hydrogens (tertiary/aromatic N) is 1. The van der Waals surface area contributed by atoms with Gasteiger partial charge >= 0.3 is 5.97 Å². The molecular formula is C16H9F2NO2. The van der Waals surface area contributed by atoms with Crippen LogP contribution in [0.3, 0.4) is 0 Å². The van der Waals surface area contributed by atoms with Crippen LogP contribution in [-0.2, 0) is 0 Å². The highest BCUT2D eigenvalue weighted by Crippen LogP contribution is 2.27. The number of para-hydroxylation sites is 1. The van der Waals surface area contributed by atoms with Gasteiger partial charge in [-0.3, -0.25) is 0 Å². The monoisotopic (exact) mass is 285 g/mol. The van der Waals surface area contributed by atoms with E-state index in [2.05, 4.69) is 4.98 Å². The molecule has 104 valence electrons.